The molecule has 0 aliphatic heterocycles. The van der Waals surface area contributed by atoms with E-state index in [0.717, 1.165) is 5.56 Å². The SMILES string of the molecule is NCC(Nc1cc(F)cc(Cl)c1)c1ccc(Cl)cc1Cl. The van der Waals surface area contributed by atoms with Gasteiger partial charge in [-0.2, -0.15) is 0 Å². The minimum atomic E-state index is -0.419. The van der Waals surface area contributed by atoms with Gasteiger partial charge in [-0.25, -0.2) is 4.39 Å². The van der Waals surface area contributed by atoms with Gasteiger partial charge in [0.2, 0.25) is 0 Å². The van der Waals surface area contributed by atoms with E-state index in [-0.39, 0.29) is 12.6 Å². The molecule has 0 bridgehead atoms. The van der Waals surface area contributed by atoms with Crippen molar-refractivity contribution in [3.05, 3.63) is 62.8 Å². The lowest BCUT2D eigenvalue weighted by atomic mass is 10.1. The topological polar surface area (TPSA) is 38.0 Å². The van der Waals surface area contributed by atoms with Crippen molar-refractivity contribution in [1.29, 1.82) is 0 Å². The number of halogens is 4. The van der Waals surface area contributed by atoms with Gasteiger partial charge in [0.05, 0.1) is 6.04 Å². The third-order valence-electron chi connectivity index (χ3n) is 2.78. The summed E-state index contributed by atoms with van der Waals surface area (Å²) >= 11 is 17.8. The normalized spacial score (nSPS) is 12.2. The van der Waals surface area contributed by atoms with Crippen LogP contribution in [0.2, 0.25) is 15.1 Å². The molecule has 0 aromatic heterocycles. The lowest BCUT2D eigenvalue weighted by Crippen LogP contribution is -2.21. The summed E-state index contributed by atoms with van der Waals surface area (Å²) in [5, 5.41) is 4.47. The summed E-state index contributed by atoms with van der Waals surface area (Å²) in [6.07, 6.45) is 0. The number of nitrogens with one attached hydrogen (secondary N) is 1. The molecule has 1 atom stereocenters. The van der Waals surface area contributed by atoms with Gasteiger partial charge in [-0.1, -0.05) is 40.9 Å². The fourth-order valence-electron chi connectivity index (χ4n) is 1.89. The van der Waals surface area contributed by atoms with Crippen molar-refractivity contribution in [1.82, 2.24) is 0 Å². The van der Waals surface area contributed by atoms with E-state index in [2.05, 4.69) is 5.32 Å². The van der Waals surface area contributed by atoms with Gasteiger partial charge >= 0.3 is 0 Å². The number of anilines is 1. The minimum absolute atomic E-state index is 0.266. The molecule has 6 heteroatoms. The molecule has 106 valence electrons. The molecular weight excluding hydrogens is 322 g/mol. The number of nitrogens with two attached hydrogens (primary N) is 1. The third kappa shape index (κ3) is 3.76. The maximum Gasteiger partial charge on any atom is 0.126 e. The smallest absolute Gasteiger partial charge is 0.126 e. The molecular formula is C14H12Cl3FN2. The van der Waals surface area contributed by atoms with Crippen molar-refractivity contribution in [3.8, 4) is 0 Å². The van der Waals surface area contributed by atoms with Gasteiger partial charge in [0, 0.05) is 27.3 Å². The average Bonchev–Trinajstić information content (AvgIpc) is 2.35. The molecule has 0 saturated carbocycles. The molecule has 0 heterocycles. The summed E-state index contributed by atoms with van der Waals surface area (Å²) in [5.41, 5.74) is 7.08. The number of rotatable bonds is 4. The Labute approximate surface area is 131 Å². The Balaban J connectivity index is 2.28. The first-order chi connectivity index (χ1) is 9.49. The molecule has 0 spiro atoms. The van der Waals surface area contributed by atoms with Crippen molar-refractivity contribution in [2.24, 2.45) is 5.73 Å². The first kappa shape index (κ1) is 15.4. The van der Waals surface area contributed by atoms with Crippen molar-refractivity contribution in [3.63, 3.8) is 0 Å². The van der Waals surface area contributed by atoms with Gasteiger partial charge in [0.1, 0.15) is 5.82 Å². The second kappa shape index (κ2) is 6.64. The molecule has 2 aromatic rings. The first-order valence-corrected chi connectivity index (χ1v) is 7.00. The summed E-state index contributed by atoms with van der Waals surface area (Å²) in [6, 6.07) is 9.09. The number of hydrogen-bond donors (Lipinski definition) is 2. The van der Waals surface area contributed by atoms with E-state index in [1.807, 2.05) is 0 Å². The molecule has 2 nitrogen and oxygen atoms in total. The Morgan fingerprint density at radius 2 is 1.80 bits per heavy atom. The van der Waals surface area contributed by atoms with Crippen LogP contribution in [-0.2, 0) is 0 Å². The zero-order valence-corrected chi connectivity index (χ0v) is 12.6. The molecule has 20 heavy (non-hydrogen) atoms. The molecule has 0 radical (unpaired) electrons. The fraction of sp³-hybridized carbons (Fsp3) is 0.143. The summed E-state index contributed by atoms with van der Waals surface area (Å²) in [5.74, 6) is -0.419. The van der Waals surface area contributed by atoms with E-state index in [4.69, 9.17) is 40.5 Å². The summed E-state index contributed by atoms with van der Waals surface area (Å²) in [7, 11) is 0. The largest absolute Gasteiger partial charge is 0.377 e. The monoisotopic (exact) mass is 332 g/mol. The van der Waals surface area contributed by atoms with Gasteiger partial charge in [-0.05, 0) is 35.9 Å². The lowest BCUT2D eigenvalue weighted by molar-refractivity contribution is 0.627. The second-order valence-corrected chi connectivity index (χ2v) is 5.54. The predicted molar refractivity (Wildman–Crippen MR) is 83.3 cm³/mol. The minimum Gasteiger partial charge on any atom is -0.377 e. The molecule has 0 fully saturated rings. The van der Waals surface area contributed by atoms with E-state index in [1.165, 1.54) is 12.1 Å². The highest BCUT2D eigenvalue weighted by atomic mass is 35.5. The van der Waals surface area contributed by atoms with Crippen molar-refractivity contribution in [2.75, 3.05) is 11.9 Å². The summed E-state index contributed by atoms with van der Waals surface area (Å²) in [4.78, 5) is 0. The van der Waals surface area contributed by atoms with Crippen LogP contribution in [0.15, 0.2) is 36.4 Å². The Morgan fingerprint density at radius 3 is 2.40 bits per heavy atom. The molecule has 0 aliphatic carbocycles. The van der Waals surface area contributed by atoms with Gasteiger partial charge in [0.25, 0.3) is 0 Å². The van der Waals surface area contributed by atoms with Crippen LogP contribution in [0.5, 0.6) is 0 Å². The average molecular weight is 334 g/mol. The Bertz CT molecular complexity index is 599. The van der Waals surface area contributed by atoms with Crippen molar-refractivity contribution >= 4 is 40.5 Å². The van der Waals surface area contributed by atoms with Gasteiger partial charge < -0.3 is 11.1 Å². The zero-order chi connectivity index (χ0) is 14.7. The summed E-state index contributed by atoms with van der Waals surface area (Å²) in [6.45, 7) is 0.287. The fourth-order valence-corrected chi connectivity index (χ4v) is 2.65. The molecule has 2 rings (SSSR count). The molecule has 1 unspecified atom stereocenters. The van der Waals surface area contributed by atoms with Gasteiger partial charge in [0.15, 0.2) is 0 Å². The van der Waals surface area contributed by atoms with Crippen LogP contribution in [-0.4, -0.2) is 6.54 Å². The standard InChI is InChI=1S/C14H12Cl3FN2/c15-8-1-2-12(13(17)5-8)14(7-19)20-11-4-9(16)3-10(18)6-11/h1-6,14,20H,7,19H2. The Kier molecular flexibility index (Phi) is 5.11. The van der Waals surface area contributed by atoms with Crippen LogP contribution in [0.1, 0.15) is 11.6 Å². The molecule has 0 saturated heterocycles. The highest BCUT2D eigenvalue weighted by molar-refractivity contribution is 6.35. The van der Waals surface area contributed by atoms with Crippen LogP contribution in [0.25, 0.3) is 0 Å². The lowest BCUT2D eigenvalue weighted by Gasteiger charge is -2.20. The van der Waals surface area contributed by atoms with Gasteiger partial charge in [-0.3, -0.25) is 0 Å². The highest BCUT2D eigenvalue weighted by Crippen LogP contribution is 2.29. The second-order valence-electron chi connectivity index (χ2n) is 4.26. The third-order valence-corrected chi connectivity index (χ3v) is 3.56. The van der Waals surface area contributed by atoms with Crippen LogP contribution in [0.4, 0.5) is 10.1 Å². The molecule has 0 aliphatic rings. The van der Waals surface area contributed by atoms with Crippen LogP contribution < -0.4 is 11.1 Å². The Morgan fingerprint density at radius 1 is 1.05 bits per heavy atom. The predicted octanol–water partition coefficient (Wildman–Crippen LogP) is 4.90. The maximum absolute atomic E-state index is 13.3. The Hall–Kier alpha value is -1.000. The number of hydrogen-bond acceptors (Lipinski definition) is 2. The maximum atomic E-state index is 13.3. The summed E-state index contributed by atoms with van der Waals surface area (Å²) < 4.78 is 13.3. The van der Waals surface area contributed by atoms with Crippen molar-refractivity contribution in [2.45, 2.75) is 6.04 Å². The van der Waals surface area contributed by atoms with E-state index < -0.39 is 5.82 Å². The first-order valence-electron chi connectivity index (χ1n) is 5.87. The van der Waals surface area contributed by atoms with Crippen LogP contribution in [0.3, 0.4) is 0 Å². The van der Waals surface area contributed by atoms with Gasteiger partial charge in [-0.15, -0.1) is 0 Å². The quantitative estimate of drug-likeness (QED) is 0.835. The molecule has 0 amide bonds. The molecule has 2 aromatic carbocycles. The van der Waals surface area contributed by atoms with Crippen LogP contribution in [0, 0.1) is 5.82 Å². The van der Waals surface area contributed by atoms with E-state index in [0.29, 0.717) is 20.8 Å². The highest BCUT2D eigenvalue weighted by Gasteiger charge is 2.14. The molecule has 3 N–H and O–H groups in total. The number of benzene rings is 2. The van der Waals surface area contributed by atoms with E-state index >= 15 is 0 Å². The van der Waals surface area contributed by atoms with E-state index in [1.54, 1.807) is 24.3 Å². The van der Waals surface area contributed by atoms with E-state index in [9.17, 15) is 4.39 Å². The van der Waals surface area contributed by atoms with Crippen LogP contribution >= 0.6 is 34.8 Å². The zero-order valence-electron chi connectivity index (χ0n) is 10.3. The van der Waals surface area contributed by atoms with Crippen molar-refractivity contribution < 1.29 is 4.39 Å².